The molecule has 18 heavy (non-hydrogen) atoms. The van der Waals surface area contributed by atoms with Gasteiger partial charge in [-0.2, -0.15) is 0 Å². The Bertz CT molecular complexity index is 531. The molecule has 0 saturated carbocycles. The summed E-state index contributed by atoms with van der Waals surface area (Å²) in [7, 11) is 0. The summed E-state index contributed by atoms with van der Waals surface area (Å²) < 4.78 is 26.3. The first kappa shape index (κ1) is 13.1. The summed E-state index contributed by atoms with van der Waals surface area (Å²) in [6, 6.07) is 12.2. The van der Waals surface area contributed by atoms with Crippen LogP contribution in [0.15, 0.2) is 53.4 Å². The first-order valence-corrected chi connectivity index (χ1v) is 6.46. The highest BCUT2D eigenvalue weighted by Gasteiger charge is 2.12. The Balaban J connectivity index is 2.00. The molecular weight excluding hydrogens is 254 g/mol. The van der Waals surface area contributed by atoms with Crippen molar-refractivity contribution in [2.45, 2.75) is 11.0 Å². The summed E-state index contributed by atoms with van der Waals surface area (Å²) in [5.41, 5.74) is 0.265. The predicted octanol–water partition coefficient (Wildman–Crippen LogP) is 3.79. The van der Waals surface area contributed by atoms with Crippen LogP contribution >= 0.6 is 11.8 Å². The van der Waals surface area contributed by atoms with Crippen molar-refractivity contribution < 1.29 is 13.9 Å². The number of aliphatic hydroxyl groups is 1. The smallest absolute Gasteiger partial charge is 0.129 e. The van der Waals surface area contributed by atoms with Crippen LogP contribution in [0.3, 0.4) is 0 Å². The van der Waals surface area contributed by atoms with Crippen LogP contribution in [0.2, 0.25) is 0 Å². The van der Waals surface area contributed by atoms with Crippen molar-refractivity contribution in [3.05, 3.63) is 65.7 Å². The van der Waals surface area contributed by atoms with Crippen molar-refractivity contribution in [3.8, 4) is 0 Å². The molecule has 4 heteroatoms. The topological polar surface area (TPSA) is 20.2 Å². The molecule has 0 bridgehead atoms. The van der Waals surface area contributed by atoms with E-state index in [2.05, 4.69) is 0 Å². The molecule has 0 saturated heterocycles. The Hall–Kier alpha value is -1.39. The zero-order chi connectivity index (χ0) is 13.0. The fourth-order valence-electron chi connectivity index (χ4n) is 1.57. The van der Waals surface area contributed by atoms with Crippen molar-refractivity contribution in [2.24, 2.45) is 0 Å². The first-order chi connectivity index (χ1) is 8.66. The summed E-state index contributed by atoms with van der Waals surface area (Å²) in [5.74, 6) is -0.463. The number of hydrogen-bond acceptors (Lipinski definition) is 2. The Morgan fingerprint density at radius 2 is 1.83 bits per heavy atom. The number of hydrogen-bond donors (Lipinski definition) is 1. The van der Waals surface area contributed by atoms with Gasteiger partial charge in [-0.3, -0.25) is 0 Å². The van der Waals surface area contributed by atoms with Crippen molar-refractivity contribution in [3.63, 3.8) is 0 Å². The highest BCUT2D eigenvalue weighted by atomic mass is 32.2. The third kappa shape index (κ3) is 3.31. The van der Waals surface area contributed by atoms with E-state index < -0.39 is 11.9 Å². The number of rotatable bonds is 4. The molecule has 0 aromatic heterocycles. The van der Waals surface area contributed by atoms with Gasteiger partial charge in [0.15, 0.2) is 0 Å². The maximum Gasteiger partial charge on any atom is 0.129 e. The molecule has 2 aromatic carbocycles. The fraction of sp³-hybridized carbons (Fsp3) is 0.143. The maximum absolute atomic E-state index is 13.4. The third-order valence-corrected chi connectivity index (χ3v) is 3.54. The standard InChI is InChI=1S/C14H12F2OS/c15-10-4-3-5-11(8-10)18-9-14(17)12-6-1-2-7-13(12)16/h1-8,14,17H,9H2. The Morgan fingerprint density at radius 1 is 1.06 bits per heavy atom. The molecule has 0 spiro atoms. The van der Waals surface area contributed by atoms with Gasteiger partial charge in [0.25, 0.3) is 0 Å². The van der Waals surface area contributed by atoms with Crippen molar-refractivity contribution in [1.29, 1.82) is 0 Å². The molecular formula is C14H12F2OS. The average Bonchev–Trinajstić information content (AvgIpc) is 2.37. The molecule has 0 aliphatic rings. The van der Waals surface area contributed by atoms with E-state index in [4.69, 9.17) is 0 Å². The van der Waals surface area contributed by atoms with Gasteiger partial charge in [-0.1, -0.05) is 24.3 Å². The molecule has 0 radical (unpaired) electrons. The number of benzene rings is 2. The van der Waals surface area contributed by atoms with Crippen LogP contribution in [0.5, 0.6) is 0 Å². The van der Waals surface area contributed by atoms with Gasteiger partial charge in [0, 0.05) is 16.2 Å². The minimum Gasteiger partial charge on any atom is -0.387 e. The Labute approximate surface area is 108 Å². The monoisotopic (exact) mass is 266 g/mol. The van der Waals surface area contributed by atoms with Crippen LogP contribution in [-0.2, 0) is 0 Å². The molecule has 1 unspecified atom stereocenters. The minimum absolute atomic E-state index is 0.265. The fourth-order valence-corrected chi connectivity index (χ4v) is 2.47. The zero-order valence-corrected chi connectivity index (χ0v) is 10.3. The Morgan fingerprint density at radius 3 is 2.56 bits per heavy atom. The molecule has 0 fully saturated rings. The van der Waals surface area contributed by atoms with E-state index in [-0.39, 0.29) is 17.1 Å². The number of halogens is 2. The van der Waals surface area contributed by atoms with Crippen LogP contribution in [0.25, 0.3) is 0 Å². The second kappa shape index (κ2) is 5.98. The molecule has 1 N–H and O–H groups in total. The number of aliphatic hydroxyl groups excluding tert-OH is 1. The van der Waals surface area contributed by atoms with E-state index in [1.807, 2.05) is 0 Å². The molecule has 1 nitrogen and oxygen atoms in total. The molecule has 94 valence electrons. The SMILES string of the molecule is OC(CSc1cccc(F)c1)c1ccccc1F. The van der Waals surface area contributed by atoms with Gasteiger partial charge < -0.3 is 5.11 Å². The lowest BCUT2D eigenvalue weighted by Crippen LogP contribution is -2.03. The van der Waals surface area contributed by atoms with Crippen molar-refractivity contribution >= 4 is 11.8 Å². The van der Waals surface area contributed by atoms with Crippen LogP contribution in [-0.4, -0.2) is 10.9 Å². The minimum atomic E-state index is -0.903. The summed E-state index contributed by atoms with van der Waals surface area (Å²) in [5, 5.41) is 9.88. The van der Waals surface area contributed by atoms with Gasteiger partial charge in [0.1, 0.15) is 11.6 Å². The van der Waals surface area contributed by atoms with E-state index in [0.717, 1.165) is 0 Å². The molecule has 2 rings (SSSR count). The summed E-state index contributed by atoms with van der Waals surface area (Å²) in [6.07, 6.45) is -0.903. The van der Waals surface area contributed by atoms with Gasteiger partial charge in [-0.15, -0.1) is 11.8 Å². The lowest BCUT2D eigenvalue weighted by molar-refractivity contribution is 0.199. The summed E-state index contributed by atoms with van der Waals surface area (Å²) >= 11 is 1.29. The normalized spacial score (nSPS) is 12.4. The maximum atomic E-state index is 13.4. The summed E-state index contributed by atoms with van der Waals surface area (Å²) in [6.45, 7) is 0. The second-order valence-corrected chi connectivity index (χ2v) is 4.90. The second-order valence-electron chi connectivity index (χ2n) is 3.81. The molecule has 0 aliphatic heterocycles. The molecule has 0 heterocycles. The van der Waals surface area contributed by atoms with Gasteiger partial charge in [0.2, 0.25) is 0 Å². The predicted molar refractivity (Wildman–Crippen MR) is 68.5 cm³/mol. The largest absolute Gasteiger partial charge is 0.387 e. The number of thioether (sulfide) groups is 1. The third-order valence-electron chi connectivity index (χ3n) is 2.47. The molecule has 0 amide bonds. The van der Waals surface area contributed by atoms with Crippen LogP contribution < -0.4 is 0 Å². The molecule has 1 atom stereocenters. The van der Waals surface area contributed by atoms with E-state index in [9.17, 15) is 13.9 Å². The zero-order valence-electron chi connectivity index (χ0n) is 9.51. The molecule has 2 aromatic rings. The van der Waals surface area contributed by atoms with E-state index in [1.54, 1.807) is 30.3 Å². The highest BCUT2D eigenvalue weighted by molar-refractivity contribution is 7.99. The van der Waals surface area contributed by atoms with Crippen molar-refractivity contribution in [1.82, 2.24) is 0 Å². The highest BCUT2D eigenvalue weighted by Crippen LogP contribution is 2.26. The van der Waals surface area contributed by atoms with Crippen LogP contribution in [0.4, 0.5) is 8.78 Å². The first-order valence-electron chi connectivity index (χ1n) is 5.47. The van der Waals surface area contributed by atoms with Gasteiger partial charge in [-0.25, -0.2) is 8.78 Å². The van der Waals surface area contributed by atoms with Crippen LogP contribution in [0.1, 0.15) is 11.7 Å². The van der Waals surface area contributed by atoms with Gasteiger partial charge in [0.05, 0.1) is 6.10 Å². The van der Waals surface area contributed by atoms with Gasteiger partial charge >= 0.3 is 0 Å². The Kier molecular flexibility index (Phi) is 4.33. The van der Waals surface area contributed by atoms with Crippen LogP contribution in [0, 0.1) is 11.6 Å². The lowest BCUT2D eigenvalue weighted by Gasteiger charge is -2.11. The average molecular weight is 266 g/mol. The van der Waals surface area contributed by atoms with E-state index >= 15 is 0 Å². The van der Waals surface area contributed by atoms with Gasteiger partial charge in [-0.05, 0) is 24.3 Å². The summed E-state index contributed by atoms with van der Waals surface area (Å²) in [4.78, 5) is 0.713. The van der Waals surface area contributed by atoms with E-state index in [0.29, 0.717) is 4.90 Å². The lowest BCUT2D eigenvalue weighted by atomic mass is 10.1. The molecule has 0 aliphatic carbocycles. The quantitative estimate of drug-likeness (QED) is 0.850. The van der Waals surface area contributed by atoms with Crippen molar-refractivity contribution in [2.75, 3.05) is 5.75 Å². The van der Waals surface area contributed by atoms with E-state index in [1.165, 1.54) is 30.0 Å².